The molecule has 0 aromatic carbocycles. The standard InChI is InChI=1S/C6H13NO2/c1-3-4-5(7-2)6(8)9/h5,7H,3-4H2,1-2H3,(H,8,9)/t5-/m1/s1. The molecule has 9 heavy (non-hydrogen) atoms. The molecule has 1 atom stereocenters. The largest absolute Gasteiger partial charge is 0.480 e. The monoisotopic (exact) mass is 131 g/mol. The van der Waals surface area contributed by atoms with E-state index < -0.39 is 5.97 Å². The molecule has 0 radical (unpaired) electrons. The fourth-order valence-electron chi connectivity index (χ4n) is 0.680. The Labute approximate surface area is 55.1 Å². The fourth-order valence-corrected chi connectivity index (χ4v) is 0.680. The summed E-state index contributed by atoms with van der Waals surface area (Å²) in [5, 5.41) is 11.1. The quantitative estimate of drug-likeness (QED) is 0.582. The van der Waals surface area contributed by atoms with Gasteiger partial charge in [0.05, 0.1) is 0 Å². The van der Waals surface area contributed by atoms with Gasteiger partial charge in [-0.3, -0.25) is 4.79 Å². The Bertz CT molecular complexity index is 93.1. The fraction of sp³-hybridized carbons (Fsp3) is 0.833. The summed E-state index contributed by atoms with van der Waals surface area (Å²) in [6, 6.07) is -0.366. The molecular weight excluding hydrogens is 118 g/mol. The van der Waals surface area contributed by atoms with E-state index in [0.717, 1.165) is 6.42 Å². The minimum absolute atomic E-state index is 0.366. The van der Waals surface area contributed by atoms with Gasteiger partial charge in [0.2, 0.25) is 0 Å². The zero-order valence-electron chi connectivity index (χ0n) is 5.85. The van der Waals surface area contributed by atoms with E-state index in [1.165, 1.54) is 0 Å². The molecule has 0 fully saturated rings. The van der Waals surface area contributed by atoms with E-state index in [1.54, 1.807) is 7.05 Å². The molecule has 0 unspecified atom stereocenters. The van der Waals surface area contributed by atoms with E-state index in [2.05, 4.69) is 5.32 Å². The third-order valence-corrected chi connectivity index (χ3v) is 1.22. The van der Waals surface area contributed by atoms with E-state index >= 15 is 0 Å². The van der Waals surface area contributed by atoms with Crippen molar-refractivity contribution in [3.05, 3.63) is 0 Å². The lowest BCUT2D eigenvalue weighted by molar-refractivity contribution is -0.139. The van der Waals surface area contributed by atoms with Gasteiger partial charge >= 0.3 is 5.97 Å². The summed E-state index contributed by atoms with van der Waals surface area (Å²) in [6.07, 6.45) is 1.60. The molecule has 3 nitrogen and oxygen atoms in total. The van der Waals surface area contributed by atoms with Gasteiger partial charge < -0.3 is 10.4 Å². The highest BCUT2D eigenvalue weighted by Gasteiger charge is 2.11. The molecule has 0 aliphatic rings. The van der Waals surface area contributed by atoms with Gasteiger partial charge in [-0.2, -0.15) is 0 Å². The summed E-state index contributed by atoms with van der Waals surface area (Å²) in [4.78, 5) is 10.3. The summed E-state index contributed by atoms with van der Waals surface area (Å²) in [5.41, 5.74) is 0. The van der Waals surface area contributed by atoms with E-state index in [4.69, 9.17) is 5.11 Å². The molecule has 0 aliphatic carbocycles. The number of hydrogen-bond acceptors (Lipinski definition) is 2. The number of likely N-dealkylation sites (N-methyl/N-ethyl adjacent to an activating group) is 1. The van der Waals surface area contributed by atoms with Crippen molar-refractivity contribution in [2.75, 3.05) is 7.05 Å². The summed E-state index contributed by atoms with van der Waals surface area (Å²) in [5.74, 6) is -0.764. The van der Waals surface area contributed by atoms with Crippen LogP contribution in [0.2, 0.25) is 0 Å². The van der Waals surface area contributed by atoms with Crippen molar-refractivity contribution in [1.82, 2.24) is 5.32 Å². The maximum absolute atomic E-state index is 10.3. The highest BCUT2D eigenvalue weighted by molar-refractivity contribution is 5.73. The van der Waals surface area contributed by atoms with Gasteiger partial charge in [0.25, 0.3) is 0 Å². The number of carbonyl (C=O) groups is 1. The first-order valence-corrected chi connectivity index (χ1v) is 3.12. The number of rotatable bonds is 4. The lowest BCUT2D eigenvalue weighted by Gasteiger charge is -2.07. The first kappa shape index (κ1) is 8.43. The molecule has 0 amide bonds. The SMILES string of the molecule is CCC[C@@H](NC)C(=O)O. The zero-order valence-corrected chi connectivity index (χ0v) is 5.85. The van der Waals surface area contributed by atoms with Crippen LogP contribution in [-0.4, -0.2) is 24.2 Å². The molecule has 2 N–H and O–H groups in total. The summed E-state index contributed by atoms with van der Waals surface area (Å²) in [6.45, 7) is 1.97. The van der Waals surface area contributed by atoms with E-state index in [9.17, 15) is 4.79 Å². The van der Waals surface area contributed by atoms with Crippen molar-refractivity contribution in [2.45, 2.75) is 25.8 Å². The Morgan fingerprint density at radius 1 is 1.78 bits per heavy atom. The molecule has 0 aliphatic heterocycles. The van der Waals surface area contributed by atoms with E-state index in [0.29, 0.717) is 6.42 Å². The van der Waals surface area contributed by atoms with Crippen LogP contribution in [-0.2, 0) is 4.79 Å². The molecule has 54 valence electrons. The van der Waals surface area contributed by atoms with Gasteiger partial charge in [-0.1, -0.05) is 13.3 Å². The third-order valence-electron chi connectivity index (χ3n) is 1.22. The van der Waals surface area contributed by atoms with Gasteiger partial charge in [0.1, 0.15) is 6.04 Å². The van der Waals surface area contributed by atoms with Crippen molar-refractivity contribution in [1.29, 1.82) is 0 Å². The number of aliphatic carboxylic acids is 1. The molecule has 0 spiro atoms. The molecule has 0 saturated carbocycles. The Hall–Kier alpha value is -0.570. The van der Waals surface area contributed by atoms with Gasteiger partial charge in [-0.15, -0.1) is 0 Å². The van der Waals surface area contributed by atoms with Crippen molar-refractivity contribution >= 4 is 5.97 Å². The number of nitrogens with one attached hydrogen (secondary N) is 1. The molecule has 0 heterocycles. The molecule has 0 aromatic heterocycles. The summed E-state index contributed by atoms with van der Waals surface area (Å²) < 4.78 is 0. The van der Waals surface area contributed by atoms with Crippen LogP contribution < -0.4 is 5.32 Å². The minimum Gasteiger partial charge on any atom is -0.480 e. The van der Waals surface area contributed by atoms with Crippen molar-refractivity contribution in [3.8, 4) is 0 Å². The average Bonchev–Trinajstić information content (AvgIpc) is 1.82. The van der Waals surface area contributed by atoms with Crippen LogP contribution >= 0.6 is 0 Å². The Kier molecular flexibility index (Phi) is 4.05. The van der Waals surface area contributed by atoms with Crippen LogP contribution in [0.3, 0.4) is 0 Å². The maximum atomic E-state index is 10.3. The second kappa shape index (κ2) is 4.32. The van der Waals surface area contributed by atoms with Gasteiger partial charge in [-0.25, -0.2) is 0 Å². The lowest BCUT2D eigenvalue weighted by Crippen LogP contribution is -2.33. The average molecular weight is 131 g/mol. The number of carboxylic acids is 1. The summed E-state index contributed by atoms with van der Waals surface area (Å²) in [7, 11) is 1.66. The van der Waals surface area contributed by atoms with Crippen molar-refractivity contribution in [2.24, 2.45) is 0 Å². The Morgan fingerprint density at radius 2 is 2.33 bits per heavy atom. The third kappa shape index (κ3) is 3.08. The van der Waals surface area contributed by atoms with Crippen LogP contribution in [0.5, 0.6) is 0 Å². The molecule has 0 bridgehead atoms. The molecule has 3 heteroatoms. The van der Waals surface area contributed by atoms with Crippen LogP contribution in [0, 0.1) is 0 Å². The van der Waals surface area contributed by atoms with Crippen LogP contribution in [0.4, 0.5) is 0 Å². The molecule has 0 saturated heterocycles. The summed E-state index contributed by atoms with van der Waals surface area (Å²) >= 11 is 0. The topological polar surface area (TPSA) is 49.3 Å². The molecular formula is C6H13NO2. The van der Waals surface area contributed by atoms with Crippen LogP contribution in [0.15, 0.2) is 0 Å². The maximum Gasteiger partial charge on any atom is 0.320 e. The second-order valence-corrected chi connectivity index (χ2v) is 1.97. The van der Waals surface area contributed by atoms with Gasteiger partial charge in [0.15, 0.2) is 0 Å². The van der Waals surface area contributed by atoms with Crippen molar-refractivity contribution in [3.63, 3.8) is 0 Å². The van der Waals surface area contributed by atoms with Crippen LogP contribution in [0.1, 0.15) is 19.8 Å². The highest BCUT2D eigenvalue weighted by Crippen LogP contribution is 1.94. The lowest BCUT2D eigenvalue weighted by atomic mass is 10.2. The predicted octanol–water partition coefficient (Wildman–Crippen LogP) is 0.459. The first-order chi connectivity index (χ1) is 4.22. The zero-order chi connectivity index (χ0) is 7.28. The van der Waals surface area contributed by atoms with E-state index in [-0.39, 0.29) is 6.04 Å². The highest BCUT2D eigenvalue weighted by atomic mass is 16.4. The number of carboxylic acid groups (broad SMARTS) is 1. The Morgan fingerprint density at radius 3 is 2.44 bits per heavy atom. The van der Waals surface area contributed by atoms with Gasteiger partial charge in [0, 0.05) is 0 Å². The van der Waals surface area contributed by atoms with Crippen LogP contribution in [0.25, 0.3) is 0 Å². The Balaban J connectivity index is 3.54. The predicted molar refractivity (Wildman–Crippen MR) is 35.4 cm³/mol. The normalized spacial score (nSPS) is 13.1. The van der Waals surface area contributed by atoms with E-state index in [1.807, 2.05) is 6.92 Å². The smallest absolute Gasteiger partial charge is 0.320 e. The minimum atomic E-state index is -0.764. The van der Waals surface area contributed by atoms with Crippen molar-refractivity contribution < 1.29 is 9.90 Å². The molecule has 0 aromatic rings. The van der Waals surface area contributed by atoms with Gasteiger partial charge in [-0.05, 0) is 13.5 Å². The second-order valence-electron chi connectivity index (χ2n) is 1.97. The molecule has 0 rings (SSSR count). The first-order valence-electron chi connectivity index (χ1n) is 3.12. The number of hydrogen-bond donors (Lipinski definition) is 2.